The average Bonchev–Trinajstić information content (AvgIpc) is 2.95. The number of nitro groups is 1. The van der Waals surface area contributed by atoms with Crippen molar-refractivity contribution in [2.24, 2.45) is 11.7 Å². The van der Waals surface area contributed by atoms with Crippen LogP contribution in [-0.2, 0) is 10.0 Å². The first-order valence-corrected chi connectivity index (χ1v) is 8.04. The maximum Gasteiger partial charge on any atom is 0.293 e. The second-order valence-corrected chi connectivity index (χ2v) is 6.84. The van der Waals surface area contributed by atoms with E-state index in [2.05, 4.69) is 4.72 Å². The monoisotopic (exact) mass is 314 g/mol. The lowest BCUT2D eigenvalue weighted by molar-refractivity contribution is -0.384. The summed E-state index contributed by atoms with van der Waals surface area (Å²) >= 11 is 0. The van der Waals surface area contributed by atoms with Crippen molar-refractivity contribution in [1.82, 2.24) is 4.72 Å². The van der Waals surface area contributed by atoms with Gasteiger partial charge in [-0.15, -0.1) is 0 Å². The van der Waals surface area contributed by atoms with Crippen LogP contribution >= 0.6 is 0 Å². The third-order valence-electron chi connectivity index (χ3n) is 3.68. The number of benzene rings is 1. The first kappa shape index (κ1) is 15.7. The molecular formula is C12H18N4O4S. The van der Waals surface area contributed by atoms with E-state index < -0.39 is 14.9 Å². The van der Waals surface area contributed by atoms with Crippen LogP contribution in [0.3, 0.4) is 0 Å². The van der Waals surface area contributed by atoms with E-state index in [4.69, 9.17) is 5.73 Å². The van der Waals surface area contributed by atoms with Gasteiger partial charge in [0.15, 0.2) is 0 Å². The summed E-state index contributed by atoms with van der Waals surface area (Å²) in [4.78, 5) is 12.4. The van der Waals surface area contributed by atoms with E-state index in [0.29, 0.717) is 31.2 Å². The minimum absolute atomic E-state index is 0.116. The number of hydrogen-bond acceptors (Lipinski definition) is 6. The lowest BCUT2D eigenvalue weighted by Gasteiger charge is -2.18. The molecule has 1 aromatic rings. The molecule has 1 fully saturated rings. The number of rotatable bonds is 5. The highest BCUT2D eigenvalue weighted by atomic mass is 32.2. The predicted octanol–water partition coefficient (Wildman–Crippen LogP) is 0.288. The van der Waals surface area contributed by atoms with Gasteiger partial charge in [-0.2, -0.15) is 0 Å². The van der Waals surface area contributed by atoms with Crippen LogP contribution in [0.25, 0.3) is 0 Å². The van der Waals surface area contributed by atoms with E-state index in [1.807, 2.05) is 4.90 Å². The fourth-order valence-electron chi connectivity index (χ4n) is 2.45. The SMILES string of the molecule is CNS(=O)(=O)c1ccc(N2CCC(CN)C2)c([N+](=O)[O-])c1. The Labute approximate surface area is 123 Å². The number of hydrogen-bond donors (Lipinski definition) is 2. The van der Waals surface area contributed by atoms with Crippen LogP contribution in [-0.4, -0.2) is 40.0 Å². The Kier molecular flexibility index (Phi) is 4.45. The molecule has 1 aliphatic heterocycles. The van der Waals surface area contributed by atoms with Crippen molar-refractivity contribution in [3.8, 4) is 0 Å². The molecule has 3 N–H and O–H groups in total. The van der Waals surface area contributed by atoms with Crippen molar-refractivity contribution < 1.29 is 13.3 Å². The molecular weight excluding hydrogens is 296 g/mol. The van der Waals surface area contributed by atoms with Crippen molar-refractivity contribution in [3.63, 3.8) is 0 Å². The Morgan fingerprint density at radius 2 is 2.24 bits per heavy atom. The number of sulfonamides is 1. The first-order valence-electron chi connectivity index (χ1n) is 6.56. The Hall–Kier alpha value is -1.71. The number of anilines is 1. The molecule has 0 radical (unpaired) electrons. The van der Waals surface area contributed by atoms with E-state index >= 15 is 0 Å². The standard InChI is InChI=1S/C12H18N4O4S/c1-14-21(19,20)10-2-3-11(12(6-10)16(17)18)15-5-4-9(7-13)8-15/h2-3,6,9,14H,4-5,7-8,13H2,1H3. The summed E-state index contributed by atoms with van der Waals surface area (Å²) in [6.45, 7) is 1.87. The van der Waals surface area contributed by atoms with Crippen molar-refractivity contribution in [3.05, 3.63) is 28.3 Å². The highest BCUT2D eigenvalue weighted by molar-refractivity contribution is 7.89. The third kappa shape index (κ3) is 3.14. The maximum atomic E-state index is 11.7. The van der Waals surface area contributed by atoms with E-state index in [-0.39, 0.29) is 10.6 Å². The van der Waals surface area contributed by atoms with Gasteiger partial charge >= 0.3 is 0 Å². The molecule has 9 heteroatoms. The van der Waals surface area contributed by atoms with Gasteiger partial charge in [-0.3, -0.25) is 10.1 Å². The fraction of sp³-hybridized carbons (Fsp3) is 0.500. The summed E-state index contributed by atoms with van der Waals surface area (Å²) in [6, 6.07) is 3.96. The van der Waals surface area contributed by atoms with Gasteiger partial charge in [-0.05, 0) is 38.1 Å². The van der Waals surface area contributed by atoms with Crippen LogP contribution in [0.15, 0.2) is 23.1 Å². The maximum absolute atomic E-state index is 11.7. The lowest BCUT2D eigenvalue weighted by atomic mass is 10.1. The van der Waals surface area contributed by atoms with Crippen LogP contribution in [0.1, 0.15) is 6.42 Å². The van der Waals surface area contributed by atoms with Gasteiger partial charge in [0.2, 0.25) is 10.0 Å². The molecule has 1 atom stereocenters. The minimum Gasteiger partial charge on any atom is -0.366 e. The summed E-state index contributed by atoms with van der Waals surface area (Å²) in [6.07, 6.45) is 0.879. The zero-order valence-electron chi connectivity index (χ0n) is 11.7. The van der Waals surface area contributed by atoms with Gasteiger partial charge in [-0.25, -0.2) is 13.1 Å². The summed E-state index contributed by atoms with van der Waals surface area (Å²) in [5.74, 6) is 0.310. The topological polar surface area (TPSA) is 119 Å². The van der Waals surface area contributed by atoms with Crippen LogP contribution in [0.5, 0.6) is 0 Å². The van der Waals surface area contributed by atoms with Gasteiger partial charge in [0, 0.05) is 19.2 Å². The van der Waals surface area contributed by atoms with Crippen molar-refractivity contribution in [2.45, 2.75) is 11.3 Å². The van der Waals surface area contributed by atoms with Crippen LogP contribution in [0.2, 0.25) is 0 Å². The number of nitrogens with two attached hydrogens (primary N) is 1. The molecule has 1 aliphatic rings. The smallest absolute Gasteiger partial charge is 0.293 e. The highest BCUT2D eigenvalue weighted by Crippen LogP contribution is 2.33. The minimum atomic E-state index is -3.70. The zero-order chi connectivity index (χ0) is 15.6. The average molecular weight is 314 g/mol. The fourth-order valence-corrected chi connectivity index (χ4v) is 3.20. The Bertz CT molecular complexity index is 647. The predicted molar refractivity (Wildman–Crippen MR) is 78.7 cm³/mol. The molecule has 0 amide bonds. The van der Waals surface area contributed by atoms with Crippen LogP contribution in [0, 0.1) is 16.0 Å². The molecule has 1 unspecified atom stereocenters. The van der Waals surface area contributed by atoms with Gasteiger partial charge in [0.1, 0.15) is 5.69 Å². The molecule has 116 valence electrons. The second kappa shape index (κ2) is 5.96. The molecule has 1 aromatic carbocycles. The van der Waals surface area contributed by atoms with E-state index in [9.17, 15) is 18.5 Å². The zero-order valence-corrected chi connectivity index (χ0v) is 12.5. The van der Waals surface area contributed by atoms with Crippen molar-refractivity contribution >= 4 is 21.4 Å². The number of nitrogens with zero attached hydrogens (tertiary/aromatic N) is 2. The summed E-state index contributed by atoms with van der Waals surface area (Å²) < 4.78 is 25.6. The molecule has 0 saturated carbocycles. The van der Waals surface area contributed by atoms with Crippen molar-refractivity contribution in [2.75, 3.05) is 31.6 Å². The Balaban J connectivity index is 2.42. The Morgan fingerprint density at radius 3 is 2.76 bits per heavy atom. The molecule has 2 rings (SSSR count). The van der Waals surface area contributed by atoms with Crippen LogP contribution in [0.4, 0.5) is 11.4 Å². The summed E-state index contributed by atoms with van der Waals surface area (Å²) in [5.41, 5.74) is 5.85. The molecule has 1 heterocycles. The molecule has 8 nitrogen and oxygen atoms in total. The number of nitro benzene ring substituents is 1. The van der Waals surface area contributed by atoms with E-state index in [1.54, 1.807) is 0 Å². The van der Waals surface area contributed by atoms with E-state index in [1.165, 1.54) is 19.2 Å². The molecule has 0 aromatic heterocycles. The summed E-state index contributed by atoms with van der Waals surface area (Å²) in [5, 5.41) is 11.2. The molecule has 0 spiro atoms. The van der Waals surface area contributed by atoms with E-state index in [0.717, 1.165) is 12.5 Å². The molecule has 21 heavy (non-hydrogen) atoms. The normalized spacial score (nSPS) is 19.0. The van der Waals surface area contributed by atoms with Gasteiger partial charge < -0.3 is 10.6 Å². The number of nitrogens with one attached hydrogen (secondary N) is 1. The first-order chi connectivity index (χ1) is 9.89. The molecule has 1 saturated heterocycles. The van der Waals surface area contributed by atoms with Crippen LogP contribution < -0.4 is 15.4 Å². The summed E-state index contributed by atoms with van der Waals surface area (Å²) in [7, 11) is -2.44. The largest absolute Gasteiger partial charge is 0.366 e. The second-order valence-electron chi connectivity index (χ2n) is 4.95. The van der Waals surface area contributed by atoms with Gasteiger partial charge in [0.05, 0.1) is 9.82 Å². The molecule has 0 aliphatic carbocycles. The van der Waals surface area contributed by atoms with Gasteiger partial charge in [-0.1, -0.05) is 0 Å². The lowest BCUT2D eigenvalue weighted by Crippen LogP contribution is -2.24. The molecule has 0 bridgehead atoms. The highest BCUT2D eigenvalue weighted by Gasteiger charge is 2.28. The van der Waals surface area contributed by atoms with Crippen molar-refractivity contribution in [1.29, 1.82) is 0 Å². The third-order valence-corrected chi connectivity index (χ3v) is 5.09. The Morgan fingerprint density at radius 1 is 1.52 bits per heavy atom. The quantitative estimate of drug-likeness (QED) is 0.595. The van der Waals surface area contributed by atoms with Gasteiger partial charge in [0.25, 0.3) is 5.69 Å².